The van der Waals surface area contributed by atoms with Gasteiger partial charge in [-0.1, -0.05) is 30.3 Å². The standard InChI is InChI=1S/C12H17N5O2S/c1-2-3-4-9-13-10(19-16-9)7-20-12-15-14-11(18)17(12)8-5-6-8/h8H,2-7H2,1H3,(H,14,18). The van der Waals surface area contributed by atoms with E-state index in [1.807, 2.05) is 0 Å². The van der Waals surface area contributed by atoms with Crippen molar-refractivity contribution in [2.45, 2.75) is 56.0 Å². The van der Waals surface area contributed by atoms with Crippen LogP contribution in [0.3, 0.4) is 0 Å². The lowest BCUT2D eigenvalue weighted by Crippen LogP contribution is -2.16. The molecule has 1 fully saturated rings. The molecular formula is C12H17N5O2S. The number of H-pyrrole nitrogens is 1. The fourth-order valence-electron chi connectivity index (χ4n) is 1.96. The van der Waals surface area contributed by atoms with Gasteiger partial charge in [-0.05, 0) is 19.3 Å². The fourth-order valence-corrected chi connectivity index (χ4v) is 2.81. The van der Waals surface area contributed by atoms with Gasteiger partial charge in [0.25, 0.3) is 0 Å². The van der Waals surface area contributed by atoms with Crippen molar-refractivity contribution in [3.8, 4) is 0 Å². The molecule has 1 aliphatic rings. The first-order valence-electron chi connectivity index (χ1n) is 6.89. The van der Waals surface area contributed by atoms with Crippen molar-refractivity contribution in [2.75, 3.05) is 0 Å². The number of hydrogen-bond acceptors (Lipinski definition) is 6. The first kappa shape index (κ1) is 13.4. The average Bonchev–Trinajstić information content (AvgIpc) is 3.06. The highest BCUT2D eigenvalue weighted by Gasteiger charge is 2.28. The van der Waals surface area contributed by atoms with E-state index in [-0.39, 0.29) is 5.69 Å². The van der Waals surface area contributed by atoms with Crippen molar-refractivity contribution in [2.24, 2.45) is 0 Å². The van der Waals surface area contributed by atoms with E-state index in [2.05, 4.69) is 27.3 Å². The molecule has 0 radical (unpaired) electrons. The summed E-state index contributed by atoms with van der Waals surface area (Å²) in [5.74, 6) is 1.87. The molecule has 2 aromatic heterocycles. The SMILES string of the molecule is CCCCc1noc(CSc2n[nH]c(=O)n2C2CC2)n1. The van der Waals surface area contributed by atoms with E-state index < -0.39 is 0 Å². The van der Waals surface area contributed by atoms with Crippen molar-refractivity contribution in [3.63, 3.8) is 0 Å². The second-order valence-corrected chi connectivity index (χ2v) is 5.85. The second-order valence-electron chi connectivity index (χ2n) is 4.91. The van der Waals surface area contributed by atoms with Gasteiger partial charge in [0.2, 0.25) is 5.89 Å². The molecule has 1 aliphatic carbocycles. The lowest BCUT2D eigenvalue weighted by atomic mass is 10.2. The molecule has 108 valence electrons. The maximum Gasteiger partial charge on any atom is 0.344 e. The molecule has 2 heterocycles. The number of thioether (sulfide) groups is 1. The molecule has 1 N–H and O–H groups in total. The summed E-state index contributed by atoms with van der Waals surface area (Å²) < 4.78 is 6.92. The zero-order valence-electron chi connectivity index (χ0n) is 11.3. The van der Waals surface area contributed by atoms with Gasteiger partial charge in [0, 0.05) is 12.5 Å². The summed E-state index contributed by atoms with van der Waals surface area (Å²) in [7, 11) is 0. The normalized spacial score (nSPS) is 14.8. The number of nitrogens with one attached hydrogen (secondary N) is 1. The predicted octanol–water partition coefficient (Wildman–Crippen LogP) is 1.92. The summed E-state index contributed by atoms with van der Waals surface area (Å²) >= 11 is 1.45. The van der Waals surface area contributed by atoms with E-state index >= 15 is 0 Å². The lowest BCUT2D eigenvalue weighted by Gasteiger charge is -2.00. The third kappa shape index (κ3) is 2.95. The summed E-state index contributed by atoms with van der Waals surface area (Å²) in [6, 6.07) is 0.312. The van der Waals surface area contributed by atoms with Crippen LogP contribution in [0.25, 0.3) is 0 Å². The summed E-state index contributed by atoms with van der Waals surface area (Å²) in [6.45, 7) is 2.13. The summed E-state index contributed by atoms with van der Waals surface area (Å²) in [6.07, 6.45) is 5.12. The Morgan fingerprint density at radius 1 is 1.50 bits per heavy atom. The lowest BCUT2D eigenvalue weighted by molar-refractivity contribution is 0.384. The molecule has 0 spiro atoms. The smallest absolute Gasteiger partial charge is 0.338 e. The molecule has 8 heteroatoms. The Morgan fingerprint density at radius 2 is 2.35 bits per heavy atom. The summed E-state index contributed by atoms with van der Waals surface area (Å²) in [5.41, 5.74) is -0.135. The van der Waals surface area contributed by atoms with Crippen molar-refractivity contribution in [3.05, 3.63) is 22.2 Å². The molecule has 1 saturated carbocycles. The Labute approximate surface area is 120 Å². The molecule has 0 unspecified atom stereocenters. The van der Waals surface area contributed by atoms with Crippen molar-refractivity contribution < 1.29 is 4.52 Å². The molecule has 3 rings (SSSR count). The van der Waals surface area contributed by atoms with E-state index in [1.54, 1.807) is 4.57 Å². The Bertz CT molecular complexity index is 628. The van der Waals surface area contributed by atoms with Crippen LogP contribution in [-0.2, 0) is 12.2 Å². The Balaban J connectivity index is 1.62. The van der Waals surface area contributed by atoms with Crippen LogP contribution in [0.1, 0.15) is 50.4 Å². The van der Waals surface area contributed by atoms with E-state index in [0.29, 0.717) is 22.8 Å². The maximum absolute atomic E-state index is 11.6. The van der Waals surface area contributed by atoms with Gasteiger partial charge in [0.15, 0.2) is 11.0 Å². The Hall–Kier alpha value is -1.57. The maximum atomic E-state index is 11.6. The van der Waals surface area contributed by atoms with Gasteiger partial charge in [0.1, 0.15) is 0 Å². The van der Waals surface area contributed by atoms with E-state index in [9.17, 15) is 4.79 Å². The van der Waals surface area contributed by atoms with Crippen molar-refractivity contribution in [1.82, 2.24) is 24.9 Å². The molecule has 0 amide bonds. The van der Waals surface area contributed by atoms with Crippen LogP contribution in [0.4, 0.5) is 0 Å². The van der Waals surface area contributed by atoms with Crippen molar-refractivity contribution >= 4 is 11.8 Å². The Kier molecular flexibility index (Phi) is 3.90. The molecule has 7 nitrogen and oxygen atoms in total. The van der Waals surface area contributed by atoms with Gasteiger partial charge >= 0.3 is 5.69 Å². The molecular weight excluding hydrogens is 278 g/mol. The van der Waals surface area contributed by atoms with Crippen LogP contribution in [0.5, 0.6) is 0 Å². The fraction of sp³-hybridized carbons (Fsp3) is 0.667. The van der Waals surface area contributed by atoms with E-state index in [4.69, 9.17) is 4.52 Å². The van der Waals surface area contributed by atoms with Crippen LogP contribution < -0.4 is 5.69 Å². The van der Waals surface area contributed by atoms with Gasteiger partial charge in [-0.2, -0.15) is 4.98 Å². The number of aromatic nitrogens is 5. The molecule has 2 aromatic rings. The van der Waals surface area contributed by atoms with Gasteiger partial charge in [0.05, 0.1) is 5.75 Å². The van der Waals surface area contributed by atoms with Gasteiger partial charge in [-0.15, -0.1) is 5.10 Å². The zero-order chi connectivity index (χ0) is 13.9. The third-order valence-corrected chi connectivity index (χ3v) is 4.11. The molecule has 0 saturated heterocycles. The quantitative estimate of drug-likeness (QED) is 0.785. The minimum atomic E-state index is -0.135. The highest BCUT2D eigenvalue weighted by Crippen LogP contribution is 2.36. The summed E-state index contributed by atoms with van der Waals surface area (Å²) in [5, 5.41) is 11.2. The molecule has 0 bridgehead atoms. The highest BCUT2D eigenvalue weighted by atomic mass is 32.2. The topological polar surface area (TPSA) is 89.6 Å². The number of aromatic amines is 1. The largest absolute Gasteiger partial charge is 0.344 e. The average molecular weight is 295 g/mol. The predicted molar refractivity (Wildman–Crippen MR) is 73.6 cm³/mol. The minimum Gasteiger partial charge on any atom is -0.338 e. The number of unbranched alkanes of at least 4 members (excludes halogenated alkanes) is 1. The Morgan fingerprint density at radius 3 is 3.10 bits per heavy atom. The van der Waals surface area contributed by atoms with E-state index in [0.717, 1.165) is 37.9 Å². The molecule has 0 aliphatic heterocycles. The van der Waals surface area contributed by atoms with Crippen LogP contribution >= 0.6 is 11.8 Å². The zero-order valence-corrected chi connectivity index (χ0v) is 12.2. The molecule has 20 heavy (non-hydrogen) atoms. The second kappa shape index (κ2) is 5.82. The number of hydrogen-bond donors (Lipinski definition) is 1. The number of nitrogens with zero attached hydrogens (tertiary/aromatic N) is 4. The minimum absolute atomic E-state index is 0.135. The first-order valence-corrected chi connectivity index (χ1v) is 7.87. The summed E-state index contributed by atoms with van der Waals surface area (Å²) in [4.78, 5) is 16.0. The van der Waals surface area contributed by atoms with Crippen molar-refractivity contribution in [1.29, 1.82) is 0 Å². The van der Waals surface area contributed by atoms with Crippen LogP contribution in [-0.4, -0.2) is 24.9 Å². The van der Waals surface area contributed by atoms with Crippen LogP contribution in [0, 0.1) is 0 Å². The van der Waals surface area contributed by atoms with Gasteiger partial charge < -0.3 is 4.52 Å². The van der Waals surface area contributed by atoms with Crippen LogP contribution in [0.15, 0.2) is 14.5 Å². The van der Waals surface area contributed by atoms with Crippen LogP contribution in [0.2, 0.25) is 0 Å². The molecule has 0 aromatic carbocycles. The highest BCUT2D eigenvalue weighted by molar-refractivity contribution is 7.98. The molecule has 0 atom stereocenters. The monoisotopic (exact) mass is 295 g/mol. The van der Waals surface area contributed by atoms with Gasteiger partial charge in [-0.3, -0.25) is 4.57 Å². The third-order valence-electron chi connectivity index (χ3n) is 3.17. The number of aryl methyl sites for hydroxylation is 1. The van der Waals surface area contributed by atoms with Gasteiger partial charge in [-0.25, -0.2) is 9.89 Å². The van der Waals surface area contributed by atoms with E-state index in [1.165, 1.54) is 11.8 Å². The number of rotatable bonds is 7. The first-order chi connectivity index (χ1) is 9.78.